The topological polar surface area (TPSA) is 55.4 Å². The lowest BCUT2D eigenvalue weighted by Crippen LogP contribution is -2.21. The van der Waals surface area contributed by atoms with Crippen LogP contribution in [0.25, 0.3) is 0 Å². The number of rotatable bonds is 5. The van der Waals surface area contributed by atoms with Crippen molar-refractivity contribution in [1.82, 2.24) is 0 Å². The quantitative estimate of drug-likeness (QED) is 0.860. The molecule has 114 valence electrons. The Labute approximate surface area is 130 Å². The van der Waals surface area contributed by atoms with Gasteiger partial charge in [-0.2, -0.15) is 0 Å². The molecule has 2 aromatic rings. The van der Waals surface area contributed by atoms with Crippen LogP contribution in [-0.2, 0) is 4.79 Å². The highest BCUT2D eigenvalue weighted by Crippen LogP contribution is 2.25. The molecule has 0 fully saturated rings. The van der Waals surface area contributed by atoms with Gasteiger partial charge in [0.1, 0.15) is 5.75 Å². The van der Waals surface area contributed by atoms with Gasteiger partial charge >= 0.3 is 0 Å². The van der Waals surface area contributed by atoms with Crippen molar-refractivity contribution in [3.63, 3.8) is 0 Å². The fourth-order valence-electron chi connectivity index (χ4n) is 2.07. The summed E-state index contributed by atoms with van der Waals surface area (Å²) in [6.07, 6.45) is 0.736. The van der Waals surface area contributed by atoms with Gasteiger partial charge in [0.25, 0.3) is 5.91 Å². The second-order valence-corrected chi connectivity index (χ2v) is 5.25. The van der Waals surface area contributed by atoms with E-state index in [1.807, 2.05) is 51.1 Å². The van der Waals surface area contributed by atoms with E-state index < -0.39 is 0 Å². The largest absolute Gasteiger partial charge is 0.483 e. The summed E-state index contributed by atoms with van der Waals surface area (Å²) in [6.45, 7) is 5.65. The summed E-state index contributed by atoms with van der Waals surface area (Å²) in [5, 5.41) is 2.76. The normalized spacial score (nSPS) is 10.1. The van der Waals surface area contributed by atoms with Gasteiger partial charge in [0.05, 0.1) is 5.56 Å². The fraction of sp³-hybridized carbons (Fsp3) is 0.222. The van der Waals surface area contributed by atoms with E-state index in [0.717, 1.165) is 28.7 Å². The molecule has 2 rings (SSSR count). The Morgan fingerprint density at radius 3 is 2.41 bits per heavy atom. The van der Waals surface area contributed by atoms with Crippen molar-refractivity contribution in [1.29, 1.82) is 0 Å². The molecule has 0 heterocycles. The Hall–Kier alpha value is -2.62. The Morgan fingerprint density at radius 2 is 1.77 bits per heavy atom. The van der Waals surface area contributed by atoms with E-state index in [1.54, 1.807) is 6.07 Å². The van der Waals surface area contributed by atoms with Crippen molar-refractivity contribution in [2.24, 2.45) is 0 Å². The molecule has 0 atom stereocenters. The molecule has 0 spiro atoms. The third-order valence-corrected chi connectivity index (χ3v) is 3.52. The molecule has 2 aromatic carbocycles. The van der Waals surface area contributed by atoms with Gasteiger partial charge < -0.3 is 10.1 Å². The highest BCUT2D eigenvalue weighted by molar-refractivity contribution is 5.92. The number of aryl methyl sites for hydroxylation is 2. The number of hydrogen-bond donors (Lipinski definition) is 1. The van der Waals surface area contributed by atoms with Crippen LogP contribution in [0.3, 0.4) is 0 Å². The van der Waals surface area contributed by atoms with Crippen LogP contribution in [0.4, 0.5) is 5.69 Å². The van der Waals surface area contributed by atoms with Crippen LogP contribution in [-0.4, -0.2) is 18.8 Å². The lowest BCUT2D eigenvalue weighted by molar-refractivity contribution is -0.118. The predicted molar refractivity (Wildman–Crippen MR) is 86.6 cm³/mol. The maximum Gasteiger partial charge on any atom is 0.262 e. The van der Waals surface area contributed by atoms with E-state index in [2.05, 4.69) is 5.32 Å². The van der Waals surface area contributed by atoms with Crippen molar-refractivity contribution in [2.45, 2.75) is 20.8 Å². The summed E-state index contributed by atoms with van der Waals surface area (Å²) >= 11 is 0. The van der Waals surface area contributed by atoms with Gasteiger partial charge in [-0.3, -0.25) is 9.59 Å². The average Bonchev–Trinajstić information content (AvgIpc) is 2.51. The molecule has 4 heteroatoms. The first-order valence-electron chi connectivity index (χ1n) is 7.06. The maximum absolute atomic E-state index is 11.9. The third-order valence-electron chi connectivity index (χ3n) is 3.52. The molecule has 0 radical (unpaired) electrons. The number of anilines is 1. The summed E-state index contributed by atoms with van der Waals surface area (Å²) in [5.74, 6) is 0.204. The first-order valence-corrected chi connectivity index (χ1v) is 7.06. The molecule has 0 aliphatic rings. The zero-order valence-electron chi connectivity index (χ0n) is 13.0. The van der Waals surface area contributed by atoms with Gasteiger partial charge in [-0.15, -0.1) is 0 Å². The van der Waals surface area contributed by atoms with Gasteiger partial charge in [-0.05, 0) is 50.1 Å². The molecule has 0 aliphatic heterocycles. The number of amides is 1. The summed E-state index contributed by atoms with van der Waals surface area (Å²) in [4.78, 5) is 23.0. The Bertz CT molecular complexity index is 690. The van der Waals surface area contributed by atoms with E-state index >= 15 is 0 Å². The molecule has 1 N–H and O–H groups in total. The highest BCUT2D eigenvalue weighted by atomic mass is 16.5. The van der Waals surface area contributed by atoms with Crippen LogP contribution in [0.2, 0.25) is 0 Å². The second-order valence-electron chi connectivity index (χ2n) is 5.25. The third kappa shape index (κ3) is 3.73. The van der Waals surface area contributed by atoms with Crippen LogP contribution in [0.15, 0.2) is 36.4 Å². The van der Waals surface area contributed by atoms with E-state index in [0.29, 0.717) is 11.3 Å². The predicted octanol–water partition coefficient (Wildman–Crippen LogP) is 3.44. The molecule has 0 saturated carbocycles. The molecule has 4 nitrogen and oxygen atoms in total. The molecule has 1 amide bonds. The summed E-state index contributed by atoms with van der Waals surface area (Å²) in [5.41, 5.74) is 4.18. The van der Waals surface area contributed by atoms with Crippen molar-refractivity contribution >= 4 is 17.9 Å². The first kappa shape index (κ1) is 15.8. The smallest absolute Gasteiger partial charge is 0.262 e. The zero-order chi connectivity index (χ0) is 16.1. The van der Waals surface area contributed by atoms with Gasteiger partial charge in [0.15, 0.2) is 12.9 Å². The number of nitrogens with one attached hydrogen (secondary N) is 1. The van der Waals surface area contributed by atoms with Crippen LogP contribution >= 0.6 is 0 Å². The molecular weight excluding hydrogens is 278 g/mol. The van der Waals surface area contributed by atoms with Crippen LogP contribution in [0.1, 0.15) is 27.0 Å². The lowest BCUT2D eigenvalue weighted by atomic mass is 10.1. The molecule has 0 aliphatic carbocycles. The van der Waals surface area contributed by atoms with Crippen LogP contribution < -0.4 is 10.1 Å². The van der Waals surface area contributed by atoms with Crippen LogP contribution in [0.5, 0.6) is 5.75 Å². The monoisotopic (exact) mass is 297 g/mol. The van der Waals surface area contributed by atoms with Gasteiger partial charge in [-0.25, -0.2) is 0 Å². The molecule has 0 unspecified atom stereocenters. The number of carbonyl (C=O) groups excluding carboxylic acids is 2. The Kier molecular flexibility index (Phi) is 4.94. The van der Waals surface area contributed by atoms with E-state index in [1.165, 1.54) is 0 Å². The maximum atomic E-state index is 11.9. The average molecular weight is 297 g/mol. The summed E-state index contributed by atoms with van der Waals surface area (Å²) in [6, 6.07) is 11.1. The number of benzene rings is 2. The first-order chi connectivity index (χ1) is 10.5. The zero-order valence-corrected chi connectivity index (χ0v) is 13.0. The number of carbonyl (C=O) groups is 2. The second kappa shape index (κ2) is 6.89. The summed E-state index contributed by atoms with van der Waals surface area (Å²) in [7, 11) is 0. The molecular formula is C18H19NO3. The van der Waals surface area contributed by atoms with E-state index in [-0.39, 0.29) is 12.5 Å². The highest BCUT2D eigenvalue weighted by Gasteiger charge is 2.11. The minimum absolute atomic E-state index is 0.140. The van der Waals surface area contributed by atoms with Crippen LogP contribution in [0, 0.1) is 20.8 Å². The minimum Gasteiger partial charge on any atom is -0.483 e. The Morgan fingerprint density at radius 1 is 1.09 bits per heavy atom. The number of hydrogen-bond acceptors (Lipinski definition) is 3. The van der Waals surface area contributed by atoms with Crippen molar-refractivity contribution in [3.8, 4) is 5.75 Å². The number of ether oxygens (including phenoxy) is 1. The molecule has 22 heavy (non-hydrogen) atoms. The van der Waals surface area contributed by atoms with Gasteiger partial charge in [0.2, 0.25) is 0 Å². The summed E-state index contributed by atoms with van der Waals surface area (Å²) < 4.78 is 5.55. The van der Waals surface area contributed by atoms with Crippen molar-refractivity contribution < 1.29 is 14.3 Å². The van der Waals surface area contributed by atoms with Crippen molar-refractivity contribution in [2.75, 3.05) is 11.9 Å². The van der Waals surface area contributed by atoms with E-state index in [4.69, 9.17) is 4.74 Å². The number of aldehydes is 1. The minimum atomic E-state index is -0.262. The van der Waals surface area contributed by atoms with Crippen molar-refractivity contribution in [3.05, 3.63) is 58.7 Å². The molecule has 0 saturated heterocycles. The fourth-order valence-corrected chi connectivity index (χ4v) is 2.07. The lowest BCUT2D eigenvalue weighted by Gasteiger charge is -2.13. The SMILES string of the molecule is Cc1ccc(NC(=O)COc2c(C=O)ccc(C)c2C)cc1. The Balaban J connectivity index is 2.03. The molecule has 0 bridgehead atoms. The molecule has 0 aromatic heterocycles. The van der Waals surface area contributed by atoms with E-state index in [9.17, 15) is 9.59 Å². The standard InChI is InChI=1S/C18H19NO3/c1-12-4-8-16(9-5-12)19-17(21)11-22-18-14(3)13(2)6-7-15(18)10-20/h4-10H,11H2,1-3H3,(H,19,21). The van der Waals surface area contributed by atoms with Gasteiger partial charge in [0, 0.05) is 5.69 Å². The van der Waals surface area contributed by atoms with Gasteiger partial charge in [-0.1, -0.05) is 23.8 Å².